The van der Waals surface area contributed by atoms with Gasteiger partial charge in [0.1, 0.15) is 11.5 Å². The molecule has 5 heteroatoms. The van der Waals surface area contributed by atoms with Crippen LogP contribution < -0.4 is 5.32 Å². The van der Waals surface area contributed by atoms with Crippen molar-refractivity contribution in [1.82, 2.24) is 19.9 Å². The fraction of sp³-hybridized carbons (Fsp3) is 0.222. The van der Waals surface area contributed by atoms with Gasteiger partial charge in [-0.15, -0.1) is 0 Å². The molecule has 0 unspecified atom stereocenters. The molecule has 0 spiro atoms. The molecule has 0 radical (unpaired) electrons. The molecule has 0 bridgehead atoms. The molecule has 2 N–H and O–H groups in total. The lowest BCUT2D eigenvalue weighted by Crippen LogP contribution is -2.21. The van der Waals surface area contributed by atoms with Crippen LogP contribution in [0, 0.1) is 0 Å². The summed E-state index contributed by atoms with van der Waals surface area (Å²) in [4.78, 5) is 14.7. The normalized spacial score (nSPS) is 11.8. The average Bonchev–Trinajstić information content (AvgIpc) is 2.93. The van der Waals surface area contributed by atoms with E-state index >= 15 is 0 Å². The lowest BCUT2D eigenvalue weighted by atomic mass is 10.1. The van der Waals surface area contributed by atoms with E-state index in [4.69, 9.17) is 4.98 Å². The average molecular weight is 305 g/mol. The third-order valence-electron chi connectivity index (χ3n) is 4.11. The van der Waals surface area contributed by atoms with Gasteiger partial charge < -0.3 is 15.2 Å². The first-order valence-electron chi connectivity index (χ1n) is 7.77. The third-order valence-corrected chi connectivity index (χ3v) is 4.11. The monoisotopic (exact) mass is 305 g/mol. The highest BCUT2D eigenvalue weighted by atomic mass is 15.1. The van der Waals surface area contributed by atoms with Crippen LogP contribution >= 0.6 is 0 Å². The largest absolute Gasteiger partial charge is 0.368 e. The molecule has 3 heterocycles. The van der Waals surface area contributed by atoms with Crippen molar-refractivity contribution < 1.29 is 0 Å². The standard InChI is InChI=1S/C18H19N5/c1-23(2)10-9-20-17-13-6-4-3-5-12(13)16-14-11-19-8-7-15(14)21-18(16)22-17/h3-8,11H,9-10H2,1-2H3,(H2,20,21,22). The number of hydrogen-bond donors (Lipinski definition) is 2. The Kier molecular flexibility index (Phi) is 3.35. The summed E-state index contributed by atoms with van der Waals surface area (Å²) in [6.45, 7) is 1.82. The first kappa shape index (κ1) is 14.0. The van der Waals surface area contributed by atoms with E-state index in [9.17, 15) is 0 Å². The summed E-state index contributed by atoms with van der Waals surface area (Å²) in [5.74, 6) is 0.925. The number of pyridine rings is 2. The lowest BCUT2D eigenvalue weighted by molar-refractivity contribution is 0.425. The number of aromatic nitrogens is 3. The fourth-order valence-electron chi connectivity index (χ4n) is 2.99. The Bertz CT molecular complexity index is 987. The zero-order valence-electron chi connectivity index (χ0n) is 13.3. The van der Waals surface area contributed by atoms with E-state index in [1.54, 1.807) is 6.20 Å². The molecule has 23 heavy (non-hydrogen) atoms. The number of nitrogens with zero attached hydrogens (tertiary/aromatic N) is 3. The van der Waals surface area contributed by atoms with E-state index < -0.39 is 0 Å². The van der Waals surface area contributed by atoms with Gasteiger partial charge in [0, 0.05) is 41.6 Å². The molecule has 4 rings (SSSR count). The quantitative estimate of drug-likeness (QED) is 0.608. The molecule has 0 aliphatic heterocycles. The maximum Gasteiger partial charge on any atom is 0.141 e. The Morgan fingerprint density at radius 2 is 1.91 bits per heavy atom. The molecule has 0 atom stereocenters. The Morgan fingerprint density at radius 3 is 2.74 bits per heavy atom. The van der Waals surface area contributed by atoms with Crippen molar-refractivity contribution >= 4 is 38.5 Å². The molecule has 1 aromatic carbocycles. The second kappa shape index (κ2) is 5.52. The van der Waals surface area contributed by atoms with Gasteiger partial charge in [0.2, 0.25) is 0 Å². The van der Waals surface area contributed by atoms with Crippen molar-refractivity contribution in [3.63, 3.8) is 0 Å². The summed E-state index contributed by atoms with van der Waals surface area (Å²) in [6, 6.07) is 10.4. The lowest BCUT2D eigenvalue weighted by Gasteiger charge is -2.13. The minimum Gasteiger partial charge on any atom is -0.368 e. The first-order valence-corrected chi connectivity index (χ1v) is 7.77. The second-order valence-electron chi connectivity index (χ2n) is 6.01. The Balaban J connectivity index is 1.94. The van der Waals surface area contributed by atoms with Crippen molar-refractivity contribution in [1.29, 1.82) is 0 Å². The van der Waals surface area contributed by atoms with Crippen molar-refractivity contribution in [3.05, 3.63) is 42.7 Å². The molecule has 0 saturated carbocycles. The zero-order valence-corrected chi connectivity index (χ0v) is 13.3. The van der Waals surface area contributed by atoms with Crippen LogP contribution in [0.25, 0.3) is 32.7 Å². The van der Waals surface area contributed by atoms with Gasteiger partial charge in [0.25, 0.3) is 0 Å². The summed E-state index contributed by atoms with van der Waals surface area (Å²) in [5.41, 5.74) is 1.97. The Labute approximate surface area is 134 Å². The predicted octanol–water partition coefficient (Wildman–Crippen LogP) is 3.24. The highest BCUT2D eigenvalue weighted by molar-refractivity contribution is 6.20. The summed E-state index contributed by atoms with van der Waals surface area (Å²) >= 11 is 0. The van der Waals surface area contributed by atoms with Crippen LogP contribution in [0.15, 0.2) is 42.7 Å². The third kappa shape index (κ3) is 2.39. The van der Waals surface area contributed by atoms with E-state index in [0.29, 0.717) is 0 Å². The topological polar surface area (TPSA) is 56.8 Å². The van der Waals surface area contributed by atoms with Crippen LogP contribution in [-0.2, 0) is 0 Å². The smallest absolute Gasteiger partial charge is 0.141 e. The van der Waals surface area contributed by atoms with Crippen LogP contribution in [-0.4, -0.2) is 47.0 Å². The van der Waals surface area contributed by atoms with Crippen molar-refractivity contribution in [2.45, 2.75) is 0 Å². The molecule has 0 saturated heterocycles. The molecule has 0 amide bonds. The molecule has 4 aromatic rings. The summed E-state index contributed by atoms with van der Waals surface area (Å²) in [5, 5.41) is 8.06. The van der Waals surface area contributed by atoms with Crippen LogP contribution in [0.1, 0.15) is 0 Å². The second-order valence-corrected chi connectivity index (χ2v) is 6.01. The molecular weight excluding hydrogens is 286 g/mol. The van der Waals surface area contributed by atoms with E-state index in [1.165, 1.54) is 5.39 Å². The molecule has 0 fully saturated rings. The van der Waals surface area contributed by atoms with Gasteiger partial charge in [0.05, 0.1) is 5.52 Å². The van der Waals surface area contributed by atoms with E-state index in [0.717, 1.165) is 46.2 Å². The number of anilines is 1. The van der Waals surface area contributed by atoms with Crippen LogP contribution in [0.2, 0.25) is 0 Å². The van der Waals surface area contributed by atoms with Crippen molar-refractivity contribution in [3.8, 4) is 0 Å². The van der Waals surface area contributed by atoms with Gasteiger partial charge >= 0.3 is 0 Å². The number of likely N-dealkylation sites (N-methyl/N-ethyl adjacent to an activating group) is 1. The van der Waals surface area contributed by atoms with Gasteiger partial charge in [0.15, 0.2) is 0 Å². The van der Waals surface area contributed by atoms with Gasteiger partial charge in [-0.1, -0.05) is 24.3 Å². The number of hydrogen-bond acceptors (Lipinski definition) is 4. The van der Waals surface area contributed by atoms with Crippen LogP contribution in [0.5, 0.6) is 0 Å². The van der Waals surface area contributed by atoms with E-state index in [2.05, 4.69) is 58.5 Å². The van der Waals surface area contributed by atoms with Crippen molar-refractivity contribution in [2.75, 3.05) is 32.5 Å². The van der Waals surface area contributed by atoms with Gasteiger partial charge in [-0.25, -0.2) is 4.98 Å². The Morgan fingerprint density at radius 1 is 1.09 bits per heavy atom. The van der Waals surface area contributed by atoms with Gasteiger partial charge in [-0.3, -0.25) is 4.98 Å². The minimum absolute atomic E-state index is 0.858. The Hall–Kier alpha value is -2.66. The highest BCUT2D eigenvalue weighted by Gasteiger charge is 2.12. The molecule has 116 valence electrons. The number of H-pyrrole nitrogens is 1. The summed E-state index contributed by atoms with van der Waals surface area (Å²) < 4.78 is 0. The first-order chi connectivity index (χ1) is 11.2. The molecule has 5 nitrogen and oxygen atoms in total. The van der Waals surface area contributed by atoms with Crippen LogP contribution in [0.3, 0.4) is 0 Å². The highest BCUT2D eigenvalue weighted by Crippen LogP contribution is 2.33. The van der Waals surface area contributed by atoms with Crippen molar-refractivity contribution in [2.24, 2.45) is 0 Å². The maximum atomic E-state index is 4.82. The molecule has 0 aliphatic rings. The summed E-state index contributed by atoms with van der Waals surface area (Å²) in [7, 11) is 4.14. The van der Waals surface area contributed by atoms with Crippen LogP contribution in [0.4, 0.5) is 5.82 Å². The number of fused-ring (bicyclic) bond motifs is 5. The number of rotatable bonds is 4. The van der Waals surface area contributed by atoms with E-state index in [1.807, 2.05) is 12.3 Å². The molecular formula is C18H19N5. The SMILES string of the molecule is CN(C)CCNc1nc2[nH]c3ccncc3c2c2ccccc12. The molecule has 3 aromatic heterocycles. The van der Waals surface area contributed by atoms with E-state index in [-0.39, 0.29) is 0 Å². The van der Waals surface area contributed by atoms with Gasteiger partial charge in [-0.05, 0) is 25.5 Å². The number of aromatic amines is 1. The minimum atomic E-state index is 0.858. The number of benzene rings is 1. The zero-order chi connectivity index (χ0) is 15.8. The predicted molar refractivity (Wildman–Crippen MR) is 95.9 cm³/mol. The van der Waals surface area contributed by atoms with Gasteiger partial charge in [-0.2, -0.15) is 0 Å². The number of nitrogens with one attached hydrogen (secondary N) is 2. The maximum absolute atomic E-state index is 4.82. The molecule has 0 aliphatic carbocycles. The fourth-order valence-corrected chi connectivity index (χ4v) is 2.99. The summed E-state index contributed by atoms with van der Waals surface area (Å²) in [6.07, 6.45) is 3.71.